The molecule has 1 aromatic carbocycles. The van der Waals surface area contributed by atoms with Crippen molar-refractivity contribution >= 4 is 0 Å². The van der Waals surface area contributed by atoms with E-state index >= 15 is 0 Å². The number of aliphatic hydroxyl groups excluding tert-OH is 1. The Bertz CT molecular complexity index is 379. The van der Waals surface area contributed by atoms with Crippen molar-refractivity contribution in [3.8, 4) is 5.75 Å². The zero-order chi connectivity index (χ0) is 15.0. The Hall–Kier alpha value is -1.06. The van der Waals surface area contributed by atoms with Gasteiger partial charge in [-0.25, -0.2) is 0 Å². The maximum atomic E-state index is 9.59. The number of methoxy groups -OCH3 is 1. The van der Waals surface area contributed by atoms with Crippen molar-refractivity contribution in [2.75, 3.05) is 27.7 Å². The lowest BCUT2D eigenvalue weighted by atomic mass is 9.86. The summed E-state index contributed by atoms with van der Waals surface area (Å²) in [6, 6.07) is 7.96. The number of rotatable bonds is 3. The van der Waals surface area contributed by atoms with Crippen LogP contribution in [-0.2, 0) is 0 Å². The summed E-state index contributed by atoms with van der Waals surface area (Å²) in [6.45, 7) is 3.09. The second-order valence-corrected chi connectivity index (χ2v) is 5.89. The zero-order valence-corrected chi connectivity index (χ0v) is 13.3. The van der Waals surface area contributed by atoms with Gasteiger partial charge in [-0.05, 0) is 57.5 Å². The highest BCUT2D eigenvalue weighted by Crippen LogP contribution is 2.24. The van der Waals surface area contributed by atoms with Gasteiger partial charge in [-0.15, -0.1) is 0 Å². The topological polar surface area (TPSA) is 32.7 Å². The van der Waals surface area contributed by atoms with Crippen LogP contribution >= 0.6 is 0 Å². The van der Waals surface area contributed by atoms with Crippen molar-refractivity contribution in [1.82, 2.24) is 4.90 Å². The molecule has 1 aliphatic carbocycles. The molecule has 1 aromatic rings. The standard InChI is InChI=1S/C9H19NO.C8H10O/c1-10(2)7-8-5-3-4-6-9(8)11;1-7-4-3-5-8(6-7)9-2/h8-9,11H,3-7H2,1-2H3;3-6H,1-2H3/t8-,9-;/m1./s1. The number of ether oxygens (including phenoxy) is 1. The second kappa shape index (κ2) is 8.98. The summed E-state index contributed by atoms with van der Waals surface area (Å²) >= 11 is 0. The lowest BCUT2D eigenvalue weighted by Gasteiger charge is -2.29. The highest BCUT2D eigenvalue weighted by molar-refractivity contribution is 5.27. The van der Waals surface area contributed by atoms with Gasteiger partial charge < -0.3 is 14.7 Å². The molecule has 0 amide bonds. The maximum absolute atomic E-state index is 9.59. The number of hydrogen-bond acceptors (Lipinski definition) is 3. The lowest BCUT2D eigenvalue weighted by Crippen LogP contribution is -2.33. The molecule has 0 aromatic heterocycles. The summed E-state index contributed by atoms with van der Waals surface area (Å²) in [6.07, 6.45) is 4.70. The number of aryl methyl sites for hydroxylation is 1. The van der Waals surface area contributed by atoms with E-state index in [1.165, 1.54) is 24.8 Å². The Labute approximate surface area is 123 Å². The molecule has 0 aliphatic heterocycles. The molecule has 0 heterocycles. The Kier molecular flexibility index (Phi) is 7.63. The fourth-order valence-corrected chi connectivity index (χ4v) is 2.61. The monoisotopic (exact) mass is 279 g/mol. The van der Waals surface area contributed by atoms with Crippen LogP contribution in [0.1, 0.15) is 31.2 Å². The molecule has 0 saturated heterocycles. The van der Waals surface area contributed by atoms with Crippen LogP contribution in [0.4, 0.5) is 0 Å². The first-order valence-electron chi connectivity index (χ1n) is 7.46. The average Bonchev–Trinajstić information content (AvgIpc) is 2.42. The van der Waals surface area contributed by atoms with Crippen LogP contribution in [0.25, 0.3) is 0 Å². The Morgan fingerprint density at radius 3 is 2.45 bits per heavy atom. The van der Waals surface area contributed by atoms with Crippen molar-refractivity contribution in [1.29, 1.82) is 0 Å². The van der Waals surface area contributed by atoms with Gasteiger partial charge in [0.05, 0.1) is 13.2 Å². The van der Waals surface area contributed by atoms with E-state index in [0.29, 0.717) is 5.92 Å². The predicted octanol–water partition coefficient (Wildman–Crippen LogP) is 3.10. The third kappa shape index (κ3) is 6.40. The van der Waals surface area contributed by atoms with Crippen molar-refractivity contribution in [2.24, 2.45) is 5.92 Å². The summed E-state index contributed by atoms with van der Waals surface area (Å²) in [4.78, 5) is 2.17. The largest absolute Gasteiger partial charge is 0.497 e. The number of hydrogen-bond donors (Lipinski definition) is 1. The molecular formula is C17H29NO2. The number of benzene rings is 1. The normalized spacial score (nSPS) is 22.1. The van der Waals surface area contributed by atoms with E-state index in [-0.39, 0.29) is 6.10 Å². The Balaban J connectivity index is 0.000000204. The van der Waals surface area contributed by atoms with Gasteiger partial charge in [-0.1, -0.05) is 25.0 Å². The Morgan fingerprint density at radius 2 is 1.95 bits per heavy atom. The maximum Gasteiger partial charge on any atom is 0.119 e. The van der Waals surface area contributed by atoms with Crippen molar-refractivity contribution in [3.05, 3.63) is 29.8 Å². The molecule has 0 bridgehead atoms. The molecule has 3 heteroatoms. The van der Waals surface area contributed by atoms with E-state index in [0.717, 1.165) is 18.7 Å². The van der Waals surface area contributed by atoms with E-state index in [4.69, 9.17) is 4.74 Å². The number of aliphatic hydroxyl groups is 1. The van der Waals surface area contributed by atoms with Crippen LogP contribution < -0.4 is 4.74 Å². The van der Waals surface area contributed by atoms with Crippen LogP contribution in [0.2, 0.25) is 0 Å². The van der Waals surface area contributed by atoms with Crippen LogP contribution in [0.5, 0.6) is 5.75 Å². The summed E-state index contributed by atoms with van der Waals surface area (Å²) in [5, 5.41) is 9.59. The van der Waals surface area contributed by atoms with Crippen LogP contribution in [0.15, 0.2) is 24.3 Å². The lowest BCUT2D eigenvalue weighted by molar-refractivity contribution is 0.0555. The quantitative estimate of drug-likeness (QED) is 0.923. The van der Waals surface area contributed by atoms with Crippen LogP contribution in [0.3, 0.4) is 0 Å². The van der Waals surface area contributed by atoms with Crippen LogP contribution in [-0.4, -0.2) is 43.9 Å². The zero-order valence-electron chi connectivity index (χ0n) is 13.3. The fourth-order valence-electron chi connectivity index (χ4n) is 2.61. The first-order valence-corrected chi connectivity index (χ1v) is 7.46. The van der Waals surface area contributed by atoms with Gasteiger partial charge in [-0.3, -0.25) is 0 Å². The minimum atomic E-state index is -0.0360. The molecule has 1 aliphatic rings. The summed E-state index contributed by atoms with van der Waals surface area (Å²) in [7, 11) is 5.82. The van der Waals surface area contributed by atoms with Gasteiger partial charge in [0.25, 0.3) is 0 Å². The first-order chi connectivity index (χ1) is 9.52. The molecule has 114 valence electrons. The van der Waals surface area contributed by atoms with Gasteiger partial charge in [0, 0.05) is 6.54 Å². The van der Waals surface area contributed by atoms with E-state index in [1.54, 1.807) is 7.11 Å². The van der Waals surface area contributed by atoms with Crippen molar-refractivity contribution < 1.29 is 9.84 Å². The van der Waals surface area contributed by atoms with Crippen LogP contribution in [0, 0.1) is 12.8 Å². The highest BCUT2D eigenvalue weighted by atomic mass is 16.5. The molecule has 0 radical (unpaired) electrons. The summed E-state index contributed by atoms with van der Waals surface area (Å²) < 4.78 is 5.00. The molecule has 0 unspecified atom stereocenters. The predicted molar refractivity (Wildman–Crippen MR) is 84.2 cm³/mol. The second-order valence-electron chi connectivity index (χ2n) is 5.89. The molecular weight excluding hydrogens is 250 g/mol. The molecule has 20 heavy (non-hydrogen) atoms. The molecule has 0 spiro atoms. The van der Waals surface area contributed by atoms with Gasteiger partial charge in [0.1, 0.15) is 5.75 Å². The Morgan fingerprint density at radius 1 is 1.25 bits per heavy atom. The van der Waals surface area contributed by atoms with E-state index in [2.05, 4.69) is 19.0 Å². The minimum absolute atomic E-state index is 0.0360. The first kappa shape index (κ1) is 17.0. The molecule has 1 fully saturated rings. The SMILES string of the molecule is CN(C)C[C@H]1CCCC[C@H]1O.COc1cccc(C)c1. The highest BCUT2D eigenvalue weighted by Gasteiger charge is 2.22. The van der Waals surface area contributed by atoms with E-state index in [1.807, 2.05) is 31.2 Å². The van der Waals surface area contributed by atoms with E-state index in [9.17, 15) is 5.11 Å². The summed E-state index contributed by atoms with van der Waals surface area (Å²) in [5.74, 6) is 1.45. The van der Waals surface area contributed by atoms with Crippen molar-refractivity contribution in [3.63, 3.8) is 0 Å². The molecule has 3 nitrogen and oxygen atoms in total. The van der Waals surface area contributed by atoms with E-state index < -0.39 is 0 Å². The van der Waals surface area contributed by atoms with Gasteiger partial charge in [0.2, 0.25) is 0 Å². The van der Waals surface area contributed by atoms with Gasteiger partial charge >= 0.3 is 0 Å². The number of nitrogens with zero attached hydrogens (tertiary/aromatic N) is 1. The van der Waals surface area contributed by atoms with Gasteiger partial charge in [-0.2, -0.15) is 0 Å². The summed E-state index contributed by atoms with van der Waals surface area (Å²) in [5.41, 5.74) is 1.23. The molecule has 1 saturated carbocycles. The smallest absolute Gasteiger partial charge is 0.119 e. The molecule has 2 atom stereocenters. The minimum Gasteiger partial charge on any atom is -0.497 e. The fraction of sp³-hybridized carbons (Fsp3) is 0.647. The third-order valence-electron chi connectivity index (χ3n) is 3.69. The molecule has 1 N–H and O–H groups in total. The average molecular weight is 279 g/mol. The van der Waals surface area contributed by atoms with Crippen molar-refractivity contribution in [2.45, 2.75) is 38.7 Å². The third-order valence-corrected chi connectivity index (χ3v) is 3.69. The molecule has 2 rings (SSSR count). The van der Waals surface area contributed by atoms with Gasteiger partial charge in [0.15, 0.2) is 0 Å².